The molecule has 8 N–H and O–H groups in total. The first kappa shape index (κ1) is 66.2. The van der Waals surface area contributed by atoms with Crippen LogP contribution in [0.2, 0.25) is 0 Å². The van der Waals surface area contributed by atoms with Crippen molar-refractivity contribution in [2.45, 2.75) is 223 Å². The van der Waals surface area contributed by atoms with Gasteiger partial charge in [-0.25, -0.2) is 0 Å². The Bertz CT molecular complexity index is 2100. The van der Waals surface area contributed by atoms with Gasteiger partial charge in [0.1, 0.15) is 24.2 Å². The highest BCUT2D eigenvalue weighted by atomic mass is 16.2. The van der Waals surface area contributed by atoms with E-state index in [0.717, 1.165) is 177 Å². The third kappa shape index (κ3) is 23.7. The van der Waals surface area contributed by atoms with Crippen LogP contribution in [0.3, 0.4) is 0 Å². The first-order valence-electron chi connectivity index (χ1n) is 31.0. The van der Waals surface area contributed by atoms with E-state index >= 15 is 4.79 Å². The van der Waals surface area contributed by atoms with E-state index in [1.54, 1.807) is 0 Å². The monoisotopic (exact) mass is 1140 g/mol. The number of likely N-dealkylation sites (N-methyl/N-ethyl adjacent to an activating group) is 4. The van der Waals surface area contributed by atoms with Gasteiger partial charge in [-0.05, 0) is 75.0 Å². The van der Waals surface area contributed by atoms with Crippen LogP contribution < -0.4 is 37.6 Å². The lowest BCUT2D eigenvalue weighted by atomic mass is 9.85. The Kier molecular flexibility index (Phi) is 28.9. The number of nitrogens with two attached hydrogens (primary N) is 1. The summed E-state index contributed by atoms with van der Waals surface area (Å²) in [7, 11) is 5.81. The van der Waals surface area contributed by atoms with Crippen LogP contribution in [0, 0.1) is 23.7 Å². The van der Waals surface area contributed by atoms with E-state index in [1.165, 1.54) is 38.0 Å². The standard InChI is InChI=1S/C60H101N11O10/c1-68-39-52(74)65-47(34-43-27-19-11-6-12-20-28-43)59(80)70(3)41-54(76)69(2)40-51(73)64-46(33-42-25-17-9-5-10-18-26-42)56(77)67-55(61)58(79)66-48(35-44-29-21-13-7-14-22-30-44)60(81)71(4)49(36-45-31-23-15-8-16-24-32-45)57(78)63-37-50(72)62-38-53(68)75/h8,15,42-49,55H,5-7,9-14,16-41,61H2,1-4H3,(H,62,72)(H,63,78)(H,64,73)(H,65,74)(H,66,79)(H,67,77)/b15-8-/t45?,46-,47-,48-,49-,55+/m0/s1. The van der Waals surface area contributed by atoms with Gasteiger partial charge in [-0.3, -0.25) is 47.9 Å². The smallest absolute Gasteiger partial charge is 0.258 e. The zero-order valence-electron chi connectivity index (χ0n) is 49.5. The van der Waals surface area contributed by atoms with Crippen molar-refractivity contribution < 1.29 is 47.9 Å². The van der Waals surface area contributed by atoms with Gasteiger partial charge >= 0.3 is 0 Å². The first-order chi connectivity index (χ1) is 38.9. The number of hydrogen-bond acceptors (Lipinski definition) is 11. The quantitative estimate of drug-likeness (QED) is 0.170. The van der Waals surface area contributed by atoms with E-state index in [0.29, 0.717) is 6.42 Å². The molecule has 0 aromatic heterocycles. The molecule has 1 unspecified atom stereocenters. The predicted molar refractivity (Wildman–Crippen MR) is 309 cm³/mol. The summed E-state index contributed by atoms with van der Waals surface area (Å²) >= 11 is 0. The lowest BCUT2D eigenvalue weighted by Crippen LogP contribution is -2.61. The van der Waals surface area contributed by atoms with Crippen LogP contribution in [-0.4, -0.2) is 170 Å². The number of allylic oxidation sites excluding steroid dienone is 2. The summed E-state index contributed by atoms with van der Waals surface area (Å²) in [6, 6.07) is -4.35. The summed E-state index contributed by atoms with van der Waals surface area (Å²) in [5, 5.41) is 16.4. The van der Waals surface area contributed by atoms with Crippen LogP contribution >= 0.6 is 0 Å². The number of nitrogens with zero attached hydrogens (tertiary/aromatic N) is 4. The van der Waals surface area contributed by atoms with E-state index in [-0.39, 0.29) is 42.9 Å². The Balaban J connectivity index is 1.45. The summed E-state index contributed by atoms with van der Waals surface area (Å²) in [6.07, 6.45) is 28.6. The molecular formula is C60H101N11O10. The maximum atomic E-state index is 15.0. The van der Waals surface area contributed by atoms with E-state index < -0.39 is 122 Å². The molecule has 21 heteroatoms. The molecule has 5 rings (SSSR count). The van der Waals surface area contributed by atoms with Crippen LogP contribution in [0.15, 0.2) is 12.2 Å². The average molecular weight is 1140 g/mol. The highest BCUT2D eigenvalue weighted by molar-refractivity contribution is 5.97. The molecule has 0 radical (unpaired) electrons. The maximum Gasteiger partial charge on any atom is 0.258 e. The van der Waals surface area contributed by atoms with Gasteiger partial charge in [-0.2, -0.15) is 0 Å². The van der Waals surface area contributed by atoms with Crippen molar-refractivity contribution in [1.29, 1.82) is 0 Å². The fourth-order valence-electron chi connectivity index (χ4n) is 12.6. The molecule has 1 aliphatic heterocycles. The molecule has 0 aromatic rings. The summed E-state index contributed by atoms with van der Waals surface area (Å²) in [5.41, 5.74) is 6.53. The van der Waals surface area contributed by atoms with E-state index in [9.17, 15) is 43.2 Å². The van der Waals surface area contributed by atoms with Crippen molar-refractivity contribution in [2.24, 2.45) is 29.4 Å². The number of nitrogens with one attached hydrogen (secondary N) is 6. The Morgan fingerprint density at radius 1 is 0.395 bits per heavy atom. The largest absolute Gasteiger partial charge is 0.345 e. The molecule has 81 heavy (non-hydrogen) atoms. The van der Waals surface area contributed by atoms with Crippen molar-refractivity contribution in [3.8, 4) is 0 Å². The Labute approximate surface area is 482 Å². The molecule has 4 fully saturated rings. The molecule has 1 heterocycles. The molecule has 10 amide bonds. The van der Waals surface area contributed by atoms with Crippen LogP contribution in [0.25, 0.3) is 0 Å². The minimum absolute atomic E-state index is 0.0534. The zero-order valence-corrected chi connectivity index (χ0v) is 49.5. The minimum Gasteiger partial charge on any atom is -0.345 e. The molecule has 3 saturated carbocycles. The number of carbonyl (C=O) groups excluding carboxylic acids is 10. The molecular weight excluding hydrogens is 1030 g/mol. The highest BCUT2D eigenvalue weighted by Gasteiger charge is 2.37. The normalized spacial score (nSPS) is 28.4. The Morgan fingerprint density at radius 3 is 1.38 bits per heavy atom. The third-order valence-corrected chi connectivity index (χ3v) is 17.6. The van der Waals surface area contributed by atoms with E-state index in [4.69, 9.17) is 5.73 Å². The Hall–Kier alpha value is -5.60. The number of carbonyl (C=O) groups is 10. The summed E-state index contributed by atoms with van der Waals surface area (Å²) < 4.78 is 0. The van der Waals surface area contributed by atoms with Crippen molar-refractivity contribution in [3.63, 3.8) is 0 Å². The summed E-state index contributed by atoms with van der Waals surface area (Å²) in [4.78, 5) is 145. The zero-order chi connectivity index (χ0) is 58.7. The summed E-state index contributed by atoms with van der Waals surface area (Å²) in [6.45, 7) is -2.33. The van der Waals surface area contributed by atoms with Gasteiger partial charge in [0.2, 0.25) is 53.2 Å². The summed E-state index contributed by atoms with van der Waals surface area (Å²) in [5.74, 6) is -5.93. The van der Waals surface area contributed by atoms with Crippen LogP contribution in [0.4, 0.5) is 0 Å². The van der Waals surface area contributed by atoms with Crippen molar-refractivity contribution in [2.75, 3.05) is 60.9 Å². The first-order valence-corrected chi connectivity index (χ1v) is 31.0. The molecule has 0 bridgehead atoms. The minimum atomic E-state index is -1.64. The lowest BCUT2D eigenvalue weighted by Gasteiger charge is -2.35. The highest BCUT2D eigenvalue weighted by Crippen LogP contribution is 2.30. The van der Waals surface area contributed by atoms with Crippen LogP contribution in [-0.2, 0) is 47.9 Å². The van der Waals surface area contributed by atoms with Gasteiger partial charge in [0.05, 0.1) is 32.7 Å². The second kappa shape index (κ2) is 35.4. The van der Waals surface area contributed by atoms with Crippen molar-refractivity contribution in [1.82, 2.24) is 51.5 Å². The number of amides is 10. The van der Waals surface area contributed by atoms with Crippen LogP contribution in [0.5, 0.6) is 0 Å². The maximum absolute atomic E-state index is 15.0. The molecule has 0 spiro atoms. The SMILES string of the molecule is CN1CC(=O)N[C@@H](CC2CCCCCCC2)C(=O)N[C@@H](N)C(=O)N[C@@H](CC2CCCCCCC2)C(=O)N(C)[C@@H](CC2CC/C=C\CCC2)C(=O)NCC(=O)NCC(=O)N(C)CC(=O)N[C@@H](CC2CCCCCCC2)C(=O)N(C)CC1=O. The fraction of sp³-hybridized carbons (Fsp3) is 0.800. The van der Waals surface area contributed by atoms with E-state index in [1.807, 2.05) is 0 Å². The second-order valence-electron chi connectivity index (χ2n) is 24.4. The van der Waals surface area contributed by atoms with Gasteiger partial charge in [0, 0.05) is 28.2 Å². The van der Waals surface area contributed by atoms with Gasteiger partial charge in [-0.1, -0.05) is 153 Å². The van der Waals surface area contributed by atoms with E-state index in [2.05, 4.69) is 44.1 Å². The molecule has 4 aliphatic carbocycles. The third-order valence-electron chi connectivity index (χ3n) is 17.6. The lowest BCUT2D eigenvalue weighted by molar-refractivity contribution is -0.143. The second-order valence-corrected chi connectivity index (χ2v) is 24.4. The van der Waals surface area contributed by atoms with Crippen molar-refractivity contribution >= 4 is 59.1 Å². The van der Waals surface area contributed by atoms with Gasteiger partial charge in [0.25, 0.3) is 5.91 Å². The van der Waals surface area contributed by atoms with Crippen LogP contribution in [0.1, 0.15) is 193 Å². The fourth-order valence-corrected chi connectivity index (χ4v) is 12.6. The molecule has 1 saturated heterocycles. The number of hydrogen-bond donors (Lipinski definition) is 7. The Morgan fingerprint density at radius 2 is 0.840 bits per heavy atom. The molecule has 0 aromatic carbocycles. The molecule has 5 aliphatic rings. The average Bonchev–Trinajstić information content (AvgIpc) is 3.41. The van der Waals surface area contributed by atoms with Gasteiger partial charge in [-0.15, -0.1) is 0 Å². The molecule has 456 valence electrons. The van der Waals surface area contributed by atoms with Crippen molar-refractivity contribution in [3.05, 3.63) is 12.2 Å². The molecule has 6 atom stereocenters. The van der Waals surface area contributed by atoms with Gasteiger partial charge < -0.3 is 57.2 Å². The number of rotatable bonds is 8. The topological polar surface area (TPSA) is 282 Å². The van der Waals surface area contributed by atoms with Gasteiger partial charge in [0.15, 0.2) is 6.17 Å². The molecule has 21 nitrogen and oxygen atoms in total. The predicted octanol–water partition coefficient (Wildman–Crippen LogP) is 4.07.